The van der Waals surface area contributed by atoms with Gasteiger partial charge in [-0.15, -0.1) is 11.3 Å². The largest absolute Gasteiger partial charge is 0.135 e. The van der Waals surface area contributed by atoms with Crippen LogP contribution < -0.4 is 0 Å². The number of fused-ring (bicyclic) bond motifs is 9. The van der Waals surface area contributed by atoms with E-state index in [-0.39, 0.29) is 5.41 Å². The minimum atomic E-state index is -0.170. The summed E-state index contributed by atoms with van der Waals surface area (Å²) >= 11 is 1.91. The van der Waals surface area contributed by atoms with Crippen LogP contribution in [0.2, 0.25) is 0 Å². The summed E-state index contributed by atoms with van der Waals surface area (Å²) in [5.74, 6) is 0. The van der Waals surface area contributed by atoms with E-state index in [1.807, 2.05) is 11.3 Å². The number of hydrogen-bond donors (Lipinski definition) is 0. The quantitative estimate of drug-likeness (QED) is 0.154. The standard InChI is InChI=1S/C56H42S/c1-4-5-9-20-43-36-52-54(48-25-16-17-26-51(48)57-52)55-53(43)49-35-42(31-32-50(49)56(55,2)3)45-22-13-7-6-12-21-44(46-23-14-15-24-47(45)46)41-30-29-39-33-38(27-28-40(39)34-41)37-18-10-8-11-19-37/h4-36H,1-3H3/b5-4-,7-6?,12-6?,13-7?,20-9-,21-12?,22-13?,44-21?,45-22?,46-44?,47-45?. The third kappa shape index (κ3) is 5.98. The molecule has 1 aromatic heterocycles. The second-order valence-corrected chi connectivity index (χ2v) is 16.7. The van der Waals surface area contributed by atoms with Gasteiger partial charge in [0.05, 0.1) is 0 Å². The maximum absolute atomic E-state index is 2.47. The molecule has 0 atom stereocenters. The smallest absolute Gasteiger partial charge is 0.0364 e. The zero-order chi connectivity index (χ0) is 38.5. The van der Waals surface area contributed by atoms with Gasteiger partial charge in [-0.05, 0) is 120 Å². The van der Waals surface area contributed by atoms with Crippen molar-refractivity contribution in [3.8, 4) is 44.5 Å². The van der Waals surface area contributed by atoms with E-state index in [1.165, 1.54) is 103 Å². The van der Waals surface area contributed by atoms with Gasteiger partial charge in [0.1, 0.15) is 0 Å². The van der Waals surface area contributed by atoms with Crippen molar-refractivity contribution in [1.82, 2.24) is 0 Å². The van der Waals surface area contributed by atoms with Gasteiger partial charge < -0.3 is 0 Å². The highest BCUT2D eigenvalue weighted by molar-refractivity contribution is 7.25. The molecule has 0 unspecified atom stereocenters. The van der Waals surface area contributed by atoms with Crippen molar-refractivity contribution in [2.24, 2.45) is 0 Å². The van der Waals surface area contributed by atoms with Gasteiger partial charge in [0.15, 0.2) is 0 Å². The fraction of sp³-hybridized carbons (Fsp3) is 0.0714. The lowest BCUT2D eigenvalue weighted by atomic mass is 9.80. The molecule has 0 bridgehead atoms. The predicted octanol–water partition coefficient (Wildman–Crippen LogP) is 16.4. The summed E-state index contributed by atoms with van der Waals surface area (Å²) in [5, 5.41) is 7.65. The van der Waals surface area contributed by atoms with Crippen molar-refractivity contribution in [3.63, 3.8) is 0 Å². The Hall–Kier alpha value is -6.54. The van der Waals surface area contributed by atoms with E-state index in [9.17, 15) is 0 Å². The Balaban J connectivity index is 1.19. The van der Waals surface area contributed by atoms with Crippen molar-refractivity contribution in [3.05, 3.63) is 211 Å². The van der Waals surface area contributed by atoms with Crippen LogP contribution in [0.4, 0.5) is 0 Å². The Labute approximate surface area is 339 Å². The van der Waals surface area contributed by atoms with Crippen LogP contribution in [-0.2, 0) is 5.41 Å². The molecule has 0 nitrogen and oxygen atoms in total. The molecule has 10 rings (SSSR count). The number of hydrogen-bond acceptors (Lipinski definition) is 1. The fourth-order valence-electron chi connectivity index (χ4n) is 9.11. The van der Waals surface area contributed by atoms with Crippen LogP contribution in [0.15, 0.2) is 194 Å². The Morgan fingerprint density at radius 3 is 1.75 bits per heavy atom. The Kier molecular flexibility index (Phi) is 8.69. The van der Waals surface area contributed by atoms with Crippen LogP contribution in [0, 0.1) is 0 Å². The summed E-state index contributed by atoms with van der Waals surface area (Å²) in [6.07, 6.45) is 8.71. The highest BCUT2D eigenvalue weighted by atomic mass is 32.1. The van der Waals surface area contributed by atoms with Crippen LogP contribution in [0.1, 0.15) is 37.5 Å². The van der Waals surface area contributed by atoms with Gasteiger partial charge in [0.2, 0.25) is 0 Å². The summed E-state index contributed by atoms with van der Waals surface area (Å²) in [6, 6.07) is 65.0. The maximum atomic E-state index is 2.47. The average Bonchev–Trinajstić information content (AvgIpc) is 3.73. The van der Waals surface area contributed by atoms with E-state index < -0.39 is 0 Å². The van der Waals surface area contributed by atoms with E-state index in [0.29, 0.717) is 0 Å². The zero-order valence-electron chi connectivity index (χ0n) is 32.5. The first-order valence-corrected chi connectivity index (χ1v) is 20.7. The molecule has 1 aliphatic carbocycles. The summed E-state index contributed by atoms with van der Waals surface area (Å²) in [6.45, 7) is 6.91. The van der Waals surface area contributed by atoms with Gasteiger partial charge in [-0.2, -0.15) is 0 Å². The molecular formula is C56H42S. The minimum absolute atomic E-state index is 0.170. The van der Waals surface area contributed by atoms with Crippen LogP contribution >= 0.6 is 11.3 Å². The summed E-state index contributed by atoms with van der Waals surface area (Å²) < 4.78 is 2.69. The molecule has 0 fully saturated rings. The third-order valence-corrected chi connectivity index (χ3v) is 12.9. The predicted molar refractivity (Wildman–Crippen MR) is 250 cm³/mol. The molecule has 1 heterocycles. The second-order valence-electron chi connectivity index (χ2n) is 15.6. The van der Waals surface area contributed by atoms with Crippen LogP contribution in [0.3, 0.4) is 0 Å². The number of rotatable bonds is 5. The van der Waals surface area contributed by atoms with Gasteiger partial charge in [0.25, 0.3) is 0 Å². The van der Waals surface area contributed by atoms with Crippen LogP contribution in [0.5, 0.6) is 0 Å². The lowest BCUT2D eigenvalue weighted by molar-refractivity contribution is 0.667. The van der Waals surface area contributed by atoms with Crippen molar-refractivity contribution >= 4 is 59.1 Å². The van der Waals surface area contributed by atoms with E-state index in [4.69, 9.17) is 0 Å². The van der Waals surface area contributed by atoms with Gasteiger partial charge in [0, 0.05) is 25.6 Å². The summed E-state index contributed by atoms with van der Waals surface area (Å²) in [5.41, 5.74) is 13.9. The normalized spacial score (nSPS) is 13.2. The first kappa shape index (κ1) is 34.9. The fourth-order valence-corrected chi connectivity index (χ4v) is 10.3. The van der Waals surface area contributed by atoms with Gasteiger partial charge in [-0.25, -0.2) is 0 Å². The van der Waals surface area contributed by atoms with E-state index in [1.54, 1.807) is 0 Å². The SMILES string of the molecule is C/C=C\C=C/c1cc2sc3ccccc3c2c2c1-c1cc(-c3ccccccc(-c4ccc5cc(-c6ccccc6)ccc5c4)c4ccccc34)ccc1C2(C)C. The van der Waals surface area contributed by atoms with Crippen LogP contribution in [-0.4, -0.2) is 0 Å². The van der Waals surface area contributed by atoms with Crippen molar-refractivity contribution < 1.29 is 0 Å². The Bertz CT molecular complexity index is 3150. The van der Waals surface area contributed by atoms with Crippen molar-refractivity contribution in [2.45, 2.75) is 26.2 Å². The molecule has 0 aliphatic heterocycles. The van der Waals surface area contributed by atoms with Crippen molar-refractivity contribution in [2.75, 3.05) is 0 Å². The molecule has 1 aliphatic rings. The van der Waals surface area contributed by atoms with E-state index >= 15 is 0 Å². The molecule has 0 saturated carbocycles. The van der Waals surface area contributed by atoms with Gasteiger partial charge >= 0.3 is 0 Å². The second kappa shape index (κ2) is 14.2. The molecule has 0 spiro atoms. The third-order valence-electron chi connectivity index (χ3n) is 11.8. The molecule has 9 aromatic rings. The molecule has 1 heteroatoms. The average molecular weight is 747 g/mol. The van der Waals surface area contributed by atoms with E-state index in [0.717, 1.165) is 0 Å². The maximum Gasteiger partial charge on any atom is 0.0364 e. The molecule has 57 heavy (non-hydrogen) atoms. The minimum Gasteiger partial charge on any atom is -0.135 e. The summed E-state index contributed by atoms with van der Waals surface area (Å²) in [4.78, 5) is 0. The van der Waals surface area contributed by atoms with E-state index in [2.05, 4.69) is 221 Å². The number of thiophene rings is 1. The molecule has 8 aromatic carbocycles. The highest BCUT2D eigenvalue weighted by Crippen LogP contribution is 2.56. The molecular weight excluding hydrogens is 705 g/mol. The summed E-state index contributed by atoms with van der Waals surface area (Å²) in [7, 11) is 0. The van der Waals surface area contributed by atoms with Gasteiger partial charge in [-0.3, -0.25) is 0 Å². The lowest BCUT2D eigenvalue weighted by Crippen LogP contribution is -2.15. The monoisotopic (exact) mass is 746 g/mol. The molecule has 0 saturated heterocycles. The Morgan fingerprint density at radius 1 is 0.456 bits per heavy atom. The number of benzene rings is 7. The van der Waals surface area contributed by atoms with Crippen molar-refractivity contribution in [1.29, 1.82) is 0 Å². The van der Waals surface area contributed by atoms with Gasteiger partial charge in [-0.1, -0.05) is 184 Å². The lowest BCUT2D eigenvalue weighted by Gasteiger charge is -2.23. The highest BCUT2D eigenvalue weighted by Gasteiger charge is 2.39. The molecule has 0 amide bonds. The zero-order valence-corrected chi connectivity index (χ0v) is 33.3. The molecule has 0 radical (unpaired) electrons. The van der Waals surface area contributed by atoms with Crippen LogP contribution in [0.25, 0.3) is 92.3 Å². The molecule has 0 N–H and O–H groups in total. The Morgan fingerprint density at radius 2 is 1.04 bits per heavy atom. The molecule has 272 valence electrons. The topological polar surface area (TPSA) is 0 Å². The number of allylic oxidation sites excluding steroid dienone is 3. The first-order valence-electron chi connectivity index (χ1n) is 19.9. The first-order chi connectivity index (χ1) is 28.0.